The Labute approximate surface area is 201 Å². The minimum absolute atomic E-state index is 0.00756. The minimum Gasteiger partial charge on any atom is -0.497 e. The fraction of sp³-hybridized carbons (Fsp3) is 0.462. The van der Waals surface area contributed by atoms with Crippen molar-refractivity contribution in [3.05, 3.63) is 59.7 Å². The lowest BCUT2D eigenvalue weighted by Crippen LogP contribution is -2.56. The average Bonchev–Trinajstić information content (AvgIpc) is 2.86. The maximum absolute atomic E-state index is 13.4. The molecule has 0 aromatic heterocycles. The number of likely N-dealkylation sites (tertiary alicyclic amines) is 1. The van der Waals surface area contributed by atoms with E-state index in [2.05, 4.69) is 17.0 Å². The van der Waals surface area contributed by atoms with Gasteiger partial charge in [0.1, 0.15) is 11.6 Å². The smallest absolute Gasteiger partial charge is 0.324 e. The second kappa shape index (κ2) is 10.9. The summed E-state index contributed by atoms with van der Waals surface area (Å²) >= 11 is 0. The topological polar surface area (TPSA) is 106 Å². The van der Waals surface area contributed by atoms with E-state index in [4.69, 9.17) is 15.9 Å². The summed E-state index contributed by atoms with van der Waals surface area (Å²) in [5, 5.41) is 17.6. The van der Waals surface area contributed by atoms with Crippen LogP contribution in [0.15, 0.2) is 48.5 Å². The molecule has 34 heavy (non-hydrogen) atoms. The highest BCUT2D eigenvalue weighted by Gasteiger charge is 2.34. The molecule has 2 aliphatic heterocycles. The third-order valence-corrected chi connectivity index (χ3v) is 6.87. The first-order valence-corrected chi connectivity index (χ1v) is 11.9. The Morgan fingerprint density at radius 2 is 1.88 bits per heavy atom. The lowest BCUT2D eigenvalue weighted by atomic mass is 9.94. The third-order valence-electron chi connectivity index (χ3n) is 6.87. The van der Waals surface area contributed by atoms with Gasteiger partial charge < -0.3 is 20.5 Å². The van der Waals surface area contributed by atoms with Crippen LogP contribution in [0.2, 0.25) is 0 Å². The van der Waals surface area contributed by atoms with Gasteiger partial charge >= 0.3 is 6.03 Å². The maximum Gasteiger partial charge on any atom is 0.324 e. The van der Waals surface area contributed by atoms with Crippen molar-refractivity contribution in [1.29, 1.82) is 5.41 Å². The highest BCUT2D eigenvalue weighted by molar-refractivity contribution is 5.98. The highest BCUT2D eigenvalue weighted by Crippen LogP contribution is 2.27. The molecular weight excluding hydrogens is 430 g/mol. The Balaban J connectivity index is 1.37. The molecule has 182 valence electrons. The highest BCUT2D eigenvalue weighted by atomic mass is 16.5. The van der Waals surface area contributed by atoms with E-state index in [1.54, 1.807) is 24.1 Å². The number of hydrogen-bond donors (Lipinski definition) is 3. The van der Waals surface area contributed by atoms with E-state index in [1.807, 2.05) is 29.2 Å². The number of aliphatic hydroxyl groups excluding tert-OH is 1. The third kappa shape index (κ3) is 5.69. The standard InChI is InChI=1S/C26H35N5O3/c1-34-24-7-2-4-20(12-24)14-29-10-8-19(9-11-29)15-30-16-21(18-32)17-31(26(30)33)23-6-3-5-22(13-23)25(27)28/h2-7,12-13,19,21,32H,8-11,14-18H2,1H3,(H3,27,28). The molecule has 4 N–H and O–H groups in total. The Morgan fingerprint density at radius 1 is 1.12 bits per heavy atom. The van der Waals surface area contributed by atoms with Crippen molar-refractivity contribution < 1.29 is 14.6 Å². The molecule has 0 radical (unpaired) electrons. The van der Waals surface area contributed by atoms with Gasteiger partial charge in [0, 0.05) is 50.0 Å². The second-order valence-electron chi connectivity index (χ2n) is 9.38. The van der Waals surface area contributed by atoms with Crippen molar-refractivity contribution in [1.82, 2.24) is 9.80 Å². The molecule has 8 nitrogen and oxygen atoms in total. The number of carbonyl (C=O) groups is 1. The number of amides is 2. The molecule has 0 spiro atoms. The van der Waals surface area contributed by atoms with Crippen LogP contribution in [0.1, 0.15) is 24.0 Å². The molecule has 8 heteroatoms. The van der Waals surface area contributed by atoms with Gasteiger partial charge in [-0.05, 0) is 61.7 Å². The van der Waals surface area contributed by atoms with Crippen LogP contribution in [0.4, 0.5) is 10.5 Å². The fourth-order valence-corrected chi connectivity index (χ4v) is 4.95. The van der Waals surface area contributed by atoms with Crippen molar-refractivity contribution in [2.75, 3.05) is 51.3 Å². The van der Waals surface area contributed by atoms with Gasteiger partial charge in [-0.2, -0.15) is 0 Å². The van der Waals surface area contributed by atoms with E-state index in [9.17, 15) is 9.90 Å². The molecule has 0 saturated carbocycles. The molecule has 2 aliphatic rings. The first-order chi connectivity index (χ1) is 16.5. The van der Waals surface area contributed by atoms with Gasteiger partial charge in [-0.3, -0.25) is 15.2 Å². The lowest BCUT2D eigenvalue weighted by Gasteiger charge is -2.42. The van der Waals surface area contributed by atoms with Crippen LogP contribution < -0.4 is 15.4 Å². The summed E-state index contributed by atoms with van der Waals surface area (Å²) in [5.41, 5.74) is 8.20. The van der Waals surface area contributed by atoms with Crippen molar-refractivity contribution in [3.8, 4) is 5.75 Å². The number of rotatable bonds is 8. The first-order valence-electron chi connectivity index (χ1n) is 11.9. The zero-order chi connectivity index (χ0) is 24.1. The number of piperidine rings is 1. The van der Waals surface area contributed by atoms with E-state index in [-0.39, 0.29) is 24.4 Å². The molecule has 1 unspecified atom stereocenters. The molecule has 2 saturated heterocycles. The molecule has 4 rings (SSSR count). The molecule has 2 heterocycles. The predicted octanol–water partition coefficient (Wildman–Crippen LogP) is 2.74. The van der Waals surface area contributed by atoms with Crippen LogP contribution in [0, 0.1) is 17.2 Å². The number of nitrogens with zero attached hydrogens (tertiary/aromatic N) is 3. The molecule has 1 atom stereocenters. The van der Waals surface area contributed by atoms with E-state index in [0.717, 1.165) is 38.2 Å². The predicted molar refractivity (Wildman–Crippen MR) is 133 cm³/mol. The number of carbonyl (C=O) groups excluding carboxylic acids is 1. The van der Waals surface area contributed by atoms with Crippen molar-refractivity contribution >= 4 is 17.6 Å². The largest absolute Gasteiger partial charge is 0.497 e. The Kier molecular flexibility index (Phi) is 7.70. The van der Waals surface area contributed by atoms with Crippen LogP contribution in [-0.2, 0) is 6.54 Å². The van der Waals surface area contributed by atoms with E-state index < -0.39 is 0 Å². The number of amidine groups is 1. The SMILES string of the molecule is COc1cccc(CN2CCC(CN3CC(CO)CN(c4cccc(C(=N)N)c4)C3=O)CC2)c1. The molecule has 2 amide bonds. The number of urea groups is 1. The average molecular weight is 466 g/mol. The van der Waals surface area contributed by atoms with Crippen LogP contribution in [-0.4, -0.2) is 73.2 Å². The number of methoxy groups -OCH3 is 1. The summed E-state index contributed by atoms with van der Waals surface area (Å²) in [5.74, 6) is 1.29. The van der Waals surface area contributed by atoms with Crippen LogP contribution in [0.3, 0.4) is 0 Å². The Morgan fingerprint density at radius 3 is 2.59 bits per heavy atom. The quantitative estimate of drug-likeness (QED) is 0.411. The molecule has 2 aromatic rings. The lowest BCUT2D eigenvalue weighted by molar-refractivity contribution is 0.115. The number of aliphatic hydroxyl groups is 1. The van der Waals surface area contributed by atoms with Gasteiger partial charge in [-0.25, -0.2) is 4.79 Å². The molecular formula is C26H35N5O3. The van der Waals surface area contributed by atoms with Crippen LogP contribution in [0.5, 0.6) is 5.75 Å². The Hall–Kier alpha value is -3.10. The number of nitrogen functional groups attached to an aromatic ring is 1. The zero-order valence-corrected chi connectivity index (χ0v) is 19.8. The molecule has 2 aromatic carbocycles. The Bertz CT molecular complexity index is 1010. The van der Waals surface area contributed by atoms with Crippen molar-refractivity contribution in [3.63, 3.8) is 0 Å². The minimum atomic E-state index is -0.0378. The van der Waals surface area contributed by atoms with E-state index >= 15 is 0 Å². The first kappa shape index (κ1) is 24.0. The zero-order valence-electron chi connectivity index (χ0n) is 19.8. The van der Waals surface area contributed by atoms with Crippen LogP contribution >= 0.6 is 0 Å². The fourth-order valence-electron chi connectivity index (χ4n) is 4.95. The molecule has 0 bridgehead atoms. The number of ether oxygens (including phenoxy) is 1. The van der Waals surface area contributed by atoms with Gasteiger partial charge in [-0.15, -0.1) is 0 Å². The number of nitrogens with two attached hydrogens (primary N) is 1. The normalized spacial score (nSPS) is 19.9. The summed E-state index contributed by atoms with van der Waals surface area (Å²) in [6.07, 6.45) is 2.08. The summed E-state index contributed by atoms with van der Waals surface area (Å²) in [7, 11) is 1.69. The van der Waals surface area contributed by atoms with E-state index in [1.165, 1.54) is 5.56 Å². The molecule has 2 fully saturated rings. The monoisotopic (exact) mass is 465 g/mol. The van der Waals surface area contributed by atoms with Gasteiger partial charge in [0.2, 0.25) is 0 Å². The second-order valence-corrected chi connectivity index (χ2v) is 9.38. The van der Waals surface area contributed by atoms with Gasteiger partial charge in [0.25, 0.3) is 0 Å². The number of benzene rings is 2. The van der Waals surface area contributed by atoms with E-state index in [0.29, 0.717) is 36.8 Å². The summed E-state index contributed by atoms with van der Waals surface area (Å²) in [6, 6.07) is 15.4. The number of anilines is 1. The summed E-state index contributed by atoms with van der Waals surface area (Å²) < 4.78 is 5.34. The molecule has 0 aliphatic carbocycles. The summed E-state index contributed by atoms with van der Waals surface area (Å²) in [6.45, 7) is 4.67. The number of hydrogen-bond acceptors (Lipinski definition) is 5. The number of nitrogens with one attached hydrogen (secondary N) is 1. The van der Waals surface area contributed by atoms with Gasteiger partial charge in [-0.1, -0.05) is 24.3 Å². The van der Waals surface area contributed by atoms with Crippen LogP contribution in [0.25, 0.3) is 0 Å². The maximum atomic E-state index is 13.4. The van der Waals surface area contributed by atoms with Crippen molar-refractivity contribution in [2.45, 2.75) is 19.4 Å². The van der Waals surface area contributed by atoms with Gasteiger partial charge in [0.05, 0.1) is 7.11 Å². The van der Waals surface area contributed by atoms with Gasteiger partial charge in [0.15, 0.2) is 0 Å². The summed E-state index contributed by atoms with van der Waals surface area (Å²) in [4.78, 5) is 19.4. The van der Waals surface area contributed by atoms with Crippen molar-refractivity contribution in [2.24, 2.45) is 17.6 Å².